The van der Waals surface area contributed by atoms with E-state index in [4.69, 9.17) is 0 Å². The third-order valence-corrected chi connectivity index (χ3v) is 5.84. The number of amides is 2. The first kappa shape index (κ1) is 22.8. The van der Waals surface area contributed by atoms with E-state index in [2.05, 4.69) is 42.5 Å². The quantitative estimate of drug-likeness (QED) is 0.393. The Bertz CT molecular complexity index is 1130. The van der Waals surface area contributed by atoms with Crippen LogP contribution in [-0.4, -0.2) is 25.9 Å². The fraction of sp³-hybridized carbons (Fsp3) is 0.0833. The summed E-state index contributed by atoms with van der Waals surface area (Å²) in [6.45, 7) is 0. The maximum atomic E-state index is 13.1. The second-order valence-corrected chi connectivity index (χ2v) is 8.62. The van der Waals surface area contributed by atoms with Gasteiger partial charge in [-0.05, 0) is 79.9 Å². The van der Waals surface area contributed by atoms with Gasteiger partial charge in [0.1, 0.15) is 5.70 Å². The van der Waals surface area contributed by atoms with Gasteiger partial charge in [-0.3, -0.25) is 9.59 Å². The van der Waals surface area contributed by atoms with Gasteiger partial charge in [-0.2, -0.15) is 0 Å². The van der Waals surface area contributed by atoms with Gasteiger partial charge in [0.15, 0.2) is 0 Å². The number of hydrogen-bond acceptors (Lipinski definition) is 3. The lowest BCUT2D eigenvalue weighted by Crippen LogP contribution is -2.31. The molecule has 3 aromatic carbocycles. The minimum Gasteiger partial charge on any atom is -0.378 e. The Kier molecular flexibility index (Phi) is 7.65. The van der Waals surface area contributed by atoms with Crippen molar-refractivity contribution < 1.29 is 9.59 Å². The monoisotopic (exact) mass is 541 g/mol. The average Bonchev–Trinajstić information content (AvgIpc) is 2.75. The zero-order chi connectivity index (χ0) is 22.4. The standard InChI is InChI=1S/C24H21Br2N3O2/c1-29(2)17-13-11-16(12-14-17)15-22(24(31)27-21-10-6-5-9-20(21)26)28-23(30)18-7-3-4-8-19(18)25/h3-15H,1-2H3,(H,27,31)(H,28,30). The van der Waals surface area contributed by atoms with Crippen molar-refractivity contribution in [1.29, 1.82) is 0 Å². The normalized spacial score (nSPS) is 11.0. The lowest BCUT2D eigenvalue weighted by atomic mass is 10.1. The highest BCUT2D eigenvalue weighted by Gasteiger charge is 2.17. The smallest absolute Gasteiger partial charge is 0.272 e. The summed E-state index contributed by atoms with van der Waals surface area (Å²) in [4.78, 5) is 27.9. The van der Waals surface area contributed by atoms with Crippen molar-refractivity contribution >= 4 is 61.1 Å². The number of benzene rings is 3. The van der Waals surface area contributed by atoms with E-state index in [1.165, 1.54) is 0 Å². The van der Waals surface area contributed by atoms with E-state index < -0.39 is 5.91 Å². The van der Waals surface area contributed by atoms with Crippen molar-refractivity contribution in [2.24, 2.45) is 0 Å². The van der Waals surface area contributed by atoms with E-state index in [9.17, 15) is 9.59 Å². The lowest BCUT2D eigenvalue weighted by Gasteiger charge is -2.14. The summed E-state index contributed by atoms with van der Waals surface area (Å²) in [5.41, 5.74) is 3.00. The number of carbonyl (C=O) groups is 2. The van der Waals surface area contributed by atoms with Crippen molar-refractivity contribution in [2.75, 3.05) is 24.3 Å². The topological polar surface area (TPSA) is 61.4 Å². The van der Waals surface area contributed by atoms with E-state index in [1.54, 1.807) is 30.3 Å². The van der Waals surface area contributed by atoms with Crippen LogP contribution in [0.3, 0.4) is 0 Å². The number of nitrogens with zero attached hydrogens (tertiary/aromatic N) is 1. The van der Waals surface area contributed by atoms with Crippen LogP contribution in [0.5, 0.6) is 0 Å². The van der Waals surface area contributed by atoms with Crippen LogP contribution in [-0.2, 0) is 4.79 Å². The Balaban J connectivity index is 1.92. The fourth-order valence-electron chi connectivity index (χ4n) is 2.78. The largest absolute Gasteiger partial charge is 0.378 e. The SMILES string of the molecule is CN(C)c1ccc(C=C(NC(=O)c2ccccc2Br)C(=O)Nc2ccccc2Br)cc1. The van der Waals surface area contributed by atoms with Gasteiger partial charge in [0.25, 0.3) is 11.8 Å². The molecule has 0 saturated heterocycles. The predicted octanol–water partition coefficient (Wildman–Crippen LogP) is 5.69. The molecule has 0 spiro atoms. The number of carbonyl (C=O) groups excluding carboxylic acids is 2. The predicted molar refractivity (Wildman–Crippen MR) is 133 cm³/mol. The van der Waals surface area contributed by atoms with Gasteiger partial charge in [-0.15, -0.1) is 0 Å². The van der Waals surface area contributed by atoms with E-state index in [0.717, 1.165) is 15.7 Å². The van der Waals surface area contributed by atoms with Gasteiger partial charge in [0, 0.05) is 28.7 Å². The highest BCUT2D eigenvalue weighted by molar-refractivity contribution is 9.11. The first-order valence-electron chi connectivity index (χ1n) is 9.46. The summed E-state index contributed by atoms with van der Waals surface area (Å²) < 4.78 is 1.39. The summed E-state index contributed by atoms with van der Waals surface area (Å²) in [5, 5.41) is 5.60. The molecule has 3 aromatic rings. The number of para-hydroxylation sites is 1. The fourth-order valence-corrected chi connectivity index (χ4v) is 3.63. The molecule has 31 heavy (non-hydrogen) atoms. The van der Waals surface area contributed by atoms with E-state index in [0.29, 0.717) is 15.7 Å². The van der Waals surface area contributed by atoms with E-state index in [1.807, 2.05) is 67.5 Å². The van der Waals surface area contributed by atoms with Gasteiger partial charge < -0.3 is 15.5 Å². The zero-order valence-corrected chi connectivity index (χ0v) is 20.2. The van der Waals surface area contributed by atoms with E-state index in [-0.39, 0.29) is 11.6 Å². The molecule has 0 heterocycles. The Morgan fingerprint density at radius 2 is 1.45 bits per heavy atom. The van der Waals surface area contributed by atoms with Crippen molar-refractivity contribution in [3.05, 3.63) is 98.6 Å². The van der Waals surface area contributed by atoms with Crippen LogP contribution in [0.1, 0.15) is 15.9 Å². The first-order valence-corrected chi connectivity index (χ1v) is 11.0. The van der Waals surface area contributed by atoms with Gasteiger partial charge in [0.05, 0.1) is 11.3 Å². The summed E-state index contributed by atoms with van der Waals surface area (Å²) in [5.74, 6) is -0.810. The molecule has 0 aliphatic rings. The molecule has 0 aliphatic carbocycles. The summed E-state index contributed by atoms with van der Waals surface area (Å²) in [6.07, 6.45) is 1.65. The number of halogens is 2. The minimum atomic E-state index is -0.427. The van der Waals surface area contributed by atoms with Crippen LogP contribution in [0.4, 0.5) is 11.4 Å². The molecule has 0 bridgehead atoms. The van der Waals surface area contributed by atoms with Crippen LogP contribution in [0.15, 0.2) is 87.4 Å². The molecule has 158 valence electrons. The number of anilines is 2. The Labute approximate surface area is 198 Å². The molecule has 0 unspecified atom stereocenters. The van der Waals surface area contributed by atoms with Gasteiger partial charge in [0.2, 0.25) is 0 Å². The second-order valence-electron chi connectivity index (χ2n) is 6.91. The highest BCUT2D eigenvalue weighted by atomic mass is 79.9. The zero-order valence-electron chi connectivity index (χ0n) is 17.0. The van der Waals surface area contributed by atoms with Crippen molar-refractivity contribution in [1.82, 2.24) is 5.32 Å². The van der Waals surface area contributed by atoms with Gasteiger partial charge in [-0.1, -0.05) is 36.4 Å². The van der Waals surface area contributed by atoms with Crippen LogP contribution < -0.4 is 15.5 Å². The number of hydrogen-bond donors (Lipinski definition) is 2. The molecule has 2 amide bonds. The van der Waals surface area contributed by atoms with Crippen molar-refractivity contribution in [2.45, 2.75) is 0 Å². The van der Waals surface area contributed by atoms with Crippen LogP contribution >= 0.6 is 31.9 Å². The van der Waals surface area contributed by atoms with Crippen LogP contribution in [0.25, 0.3) is 6.08 Å². The van der Waals surface area contributed by atoms with Crippen LogP contribution in [0, 0.1) is 0 Å². The van der Waals surface area contributed by atoms with Crippen LogP contribution in [0.2, 0.25) is 0 Å². The second kappa shape index (κ2) is 10.4. The molecule has 3 rings (SSSR count). The first-order chi connectivity index (χ1) is 14.8. The molecule has 0 aromatic heterocycles. The van der Waals surface area contributed by atoms with E-state index >= 15 is 0 Å². The maximum Gasteiger partial charge on any atom is 0.272 e. The number of nitrogens with one attached hydrogen (secondary N) is 2. The average molecular weight is 543 g/mol. The molecule has 0 saturated carbocycles. The minimum absolute atomic E-state index is 0.133. The molecule has 7 heteroatoms. The van der Waals surface area contributed by atoms with Gasteiger partial charge >= 0.3 is 0 Å². The van der Waals surface area contributed by atoms with Gasteiger partial charge in [-0.25, -0.2) is 0 Å². The maximum absolute atomic E-state index is 13.1. The summed E-state index contributed by atoms with van der Waals surface area (Å²) >= 11 is 6.81. The molecule has 0 atom stereocenters. The number of rotatable bonds is 6. The molecule has 5 nitrogen and oxygen atoms in total. The summed E-state index contributed by atoms with van der Waals surface area (Å²) in [6, 6.07) is 22.0. The van der Waals surface area contributed by atoms with Crippen molar-refractivity contribution in [3.8, 4) is 0 Å². The molecular weight excluding hydrogens is 522 g/mol. The third-order valence-electron chi connectivity index (χ3n) is 4.45. The highest BCUT2D eigenvalue weighted by Crippen LogP contribution is 2.22. The Morgan fingerprint density at radius 1 is 0.839 bits per heavy atom. The summed E-state index contributed by atoms with van der Waals surface area (Å²) in [7, 11) is 3.92. The molecule has 0 aliphatic heterocycles. The lowest BCUT2D eigenvalue weighted by molar-refractivity contribution is -0.113. The molecule has 2 N–H and O–H groups in total. The Morgan fingerprint density at radius 3 is 2.06 bits per heavy atom. The van der Waals surface area contributed by atoms with Crippen molar-refractivity contribution in [3.63, 3.8) is 0 Å². The molecule has 0 radical (unpaired) electrons. The third kappa shape index (κ3) is 6.06. The Hall–Kier alpha value is -2.90. The molecular formula is C24H21Br2N3O2. The molecule has 0 fully saturated rings.